The molecule has 0 fully saturated rings. The van der Waals surface area contributed by atoms with Crippen LogP contribution in [-0.2, 0) is 6.42 Å². The van der Waals surface area contributed by atoms with Gasteiger partial charge in [0.1, 0.15) is 4.88 Å². The van der Waals surface area contributed by atoms with Gasteiger partial charge in [0.05, 0.1) is 6.20 Å². The van der Waals surface area contributed by atoms with Gasteiger partial charge in [0.2, 0.25) is 0 Å². The Morgan fingerprint density at radius 3 is 2.95 bits per heavy atom. The molecule has 0 bridgehead atoms. The average Bonchev–Trinajstić information content (AvgIpc) is 2.99. The van der Waals surface area contributed by atoms with Crippen molar-refractivity contribution >= 4 is 23.1 Å². The van der Waals surface area contributed by atoms with Crippen molar-refractivity contribution in [2.24, 2.45) is 0 Å². The minimum atomic E-state index is 0.0123. The monoisotopic (exact) mass is 287 g/mol. The molecule has 2 heterocycles. The van der Waals surface area contributed by atoms with E-state index < -0.39 is 0 Å². The van der Waals surface area contributed by atoms with Crippen LogP contribution in [0, 0.1) is 0 Å². The Balaban J connectivity index is 1.96. The Hall–Kier alpha value is -1.75. The number of nitrogens with zero attached hydrogens (tertiary/aromatic N) is 3. The first-order chi connectivity index (χ1) is 9.66. The number of aromatic nitrogens is 2. The maximum atomic E-state index is 12.5. The van der Waals surface area contributed by atoms with Crippen LogP contribution >= 0.6 is 11.5 Å². The van der Waals surface area contributed by atoms with E-state index in [0.717, 1.165) is 36.6 Å². The number of rotatable bonds is 2. The summed E-state index contributed by atoms with van der Waals surface area (Å²) in [6.45, 7) is 5.15. The smallest absolute Gasteiger partial charge is 0.271 e. The summed E-state index contributed by atoms with van der Waals surface area (Å²) in [5.41, 5.74) is 3.64. The normalized spacial score (nSPS) is 14.4. The van der Waals surface area contributed by atoms with Gasteiger partial charge in [0.15, 0.2) is 0 Å². The number of hydrogen-bond donors (Lipinski definition) is 0. The molecule has 1 aromatic heterocycles. The van der Waals surface area contributed by atoms with Gasteiger partial charge < -0.3 is 4.90 Å². The lowest BCUT2D eigenvalue weighted by atomic mass is 9.95. The van der Waals surface area contributed by atoms with Crippen molar-refractivity contribution in [1.82, 2.24) is 9.59 Å². The third-order valence-electron chi connectivity index (χ3n) is 3.71. The van der Waals surface area contributed by atoms with Gasteiger partial charge in [0, 0.05) is 12.2 Å². The molecule has 0 radical (unpaired) electrons. The van der Waals surface area contributed by atoms with Gasteiger partial charge in [-0.05, 0) is 47.5 Å². The van der Waals surface area contributed by atoms with E-state index in [1.54, 1.807) is 6.20 Å². The molecule has 0 N–H and O–H groups in total. The first-order valence-electron chi connectivity index (χ1n) is 6.89. The molecule has 1 aromatic carbocycles. The van der Waals surface area contributed by atoms with Crippen molar-refractivity contribution in [3.8, 4) is 0 Å². The molecule has 2 aromatic rings. The van der Waals surface area contributed by atoms with Gasteiger partial charge in [-0.1, -0.05) is 30.5 Å². The molecule has 1 aliphatic heterocycles. The standard InChI is InChI=1S/C15H17N3OS/c1-10(2)11-5-6-13-12(8-11)4-3-7-18(13)15(19)14-9-16-17-20-14/h5-6,8-10H,3-4,7H2,1-2H3. The second-order valence-electron chi connectivity index (χ2n) is 5.38. The summed E-state index contributed by atoms with van der Waals surface area (Å²) in [6, 6.07) is 6.45. The van der Waals surface area contributed by atoms with Crippen molar-refractivity contribution in [2.45, 2.75) is 32.6 Å². The third kappa shape index (κ3) is 2.33. The molecule has 5 heteroatoms. The Kier molecular flexibility index (Phi) is 3.53. The zero-order valence-corrected chi connectivity index (χ0v) is 12.5. The Labute approximate surface area is 122 Å². The zero-order chi connectivity index (χ0) is 14.1. The molecule has 4 nitrogen and oxygen atoms in total. The predicted molar refractivity (Wildman–Crippen MR) is 80.4 cm³/mol. The van der Waals surface area contributed by atoms with Gasteiger partial charge in [-0.2, -0.15) is 0 Å². The second kappa shape index (κ2) is 5.32. The molecular formula is C15H17N3OS. The molecule has 1 aliphatic rings. The molecule has 20 heavy (non-hydrogen) atoms. The van der Waals surface area contributed by atoms with Gasteiger partial charge in [-0.15, -0.1) is 5.10 Å². The van der Waals surface area contributed by atoms with Crippen LogP contribution in [0.15, 0.2) is 24.4 Å². The van der Waals surface area contributed by atoms with Gasteiger partial charge in [-0.3, -0.25) is 4.79 Å². The highest BCUT2D eigenvalue weighted by Gasteiger charge is 2.25. The molecule has 3 rings (SSSR count). The van der Waals surface area contributed by atoms with Gasteiger partial charge in [0.25, 0.3) is 5.91 Å². The molecule has 0 unspecified atom stereocenters. The topological polar surface area (TPSA) is 46.1 Å². The summed E-state index contributed by atoms with van der Waals surface area (Å²) < 4.78 is 3.78. The number of amides is 1. The van der Waals surface area contributed by atoms with Crippen LogP contribution in [0.25, 0.3) is 0 Å². The minimum absolute atomic E-state index is 0.0123. The summed E-state index contributed by atoms with van der Waals surface area (Å²) >= 11 is 1.16. The van der Waals surface area contributed by atoms with Crippen molar-refractivity contribution in [1.29, 1.82) is 0 Å². The molecular weight excluding hydrogens is 270 g/mol. The highest BCUT2D eigenvalue weighted by atomic mass is 32.1. The van der Waals surface area contributed by atoms with Crippen LogP contribution in [-0.4, -0.2) is 22.0 Å². The molecule has 0 spiro atoms. The number of carbonyl (C=O) groups excluding carboxylic acids is 1. The maximum absolute atomic E-state index is 12.5. The summed E-state index contributed by atoms with van der Waals surface area (Å²) in [6.07, 6.45) is 3.59. The molecule has 0 saturated heterocycles. The maximum Gasteiger partial charge on any atom is 0.271 e. The lowest BCUT2D eigenvalue weighted by Crippen LogP contribution is -2.35. The summed E-state index contributed by atoms with van der Waals surface area (Å²) in [7, 11) is 0. The van der Waals surface area contributed by atoms with Crippen LogP contribution in [0.4, 0.5) is 5.69 Å². The van der Waals surface area contributed by atoms with Crippen LogP contribution in [0.1, 0.15) is 47.0 Å². The van der Waals surface area contributed by atoms with E-state index in [1.807, 2.05) is 4.90 Å². The highest BCUT2D eigenvalue weighted by molar-refractivity contribution is 7.07. The minimum Gasteiger partial charge on any atom is -0.307 e. The second-order valence-corrected chi connectivity index (χ2v) is 6.17. The highest BCUT2D eigenvalue weighted by Crippen LogP contribution is 2.31. The summed E-state index contributed by atoms with van der Waals surface area (Å²) in [4.78, 5) is 15.0. The number of fused-ring (bicyclic) bond motifs is 1. The van der Waals surface area contributed by atoms with Crippen molar-refractivity contribution in [3.63, 3.8) is 0 Å². The van der Waals surface area contributed by atoms with Crippen LogP contribution in [0.3, 0.4) is 0 Å². The number of aryl methyl sites for hydroxylation is 1. The van der Waals surface area contributed by atoms with Crippen LogP contribution in [0.2, 0.25) is 0 Å². The van der Waals surface area contributed by atoms with Gasteiger partial charge in [-0.25, -0.2) is 0 Å². The number of benzene rings is 1. The number of anilines is 1. The van der Waals surface area contributed by atoms with E-state index >= 15 is 0 Å². The Bertz CT molecular complexity index is 622. The summed E-state index contributed by atoms with van der Waals surface area (Å²) in [5.74, 6) is 0.523. The van der Waals surface area contributed by atoms with E-state index in [4.69, 9.17) is 0 Å². The van der Waals surface area contributed by atoms with Gasteiger partial charge >= 0.3 is 0 Å². The van der Waals surface area contributed by atoms with E-state index in [0.29, 0.717) is 10.8 Å². The number of carbonyl (C=O) groups is 1. The largest absolute Gasteiger partial charge is 0.307 e. The molecule has 0 aliphatic carbocycles. The van der Waals surface area contributed by atoms with E-state index in [1.165, 1.54) is 11.1 Å². The summed E-state index contributed by atoms with van der Waals surface area (Å²) in [5, 5.41) is 3.75. The molecule has 0 atom stereocenters. The first-order valence-corrected chi connectivity index (χ1v) is 7.66. The fourth-order valence-corrected chi connectivity index (χ4v) is 3.05. The quantitative estimate of drug-likeness (QED) is 0.851. The lowest BCUT2D eigenvalue weighted by molar-refractivity contribution is 0.0989. The Morgan fingerprint density at radius 1 is 1.40 bits per heavy atom. The average molecular weight is 287 g/mol. The first kappa shape index (κ1) is 13.2. The lowest BCUT2D eigenvalue weighted by Gasteiger charge is -2.29. The molecule has 1 amide bonds. The fourth-order valence-electron chi connectivity index (χ4n) is 2.58. The third-order valence-corrected chi connectivity index (χ3v) is 4.36. The fraction of sp³-hybridized carbons (Fsp3) is 0.400. The Morgan fingerprint density at radius 2 is 2.25 bits per heavy atom. The van der Waals surface area contributed by atoms with E-state index in [9.17, 15) is 4.79 Å². The molecule has 0 saturated carbocycles. The van der Waals surface area contributed by atoms with Crippen LogP contribution < -0.4 is 4.90 Å². The van der Waals surface area contributed by atoms with Crippen molar-refractivity contribution in [3.05, 3.63) is 40.4 Å². The molecule has 104 valence electrons. The number of hydrogen-bond acceptors (Lipinski definition) is 4. The van der Waals surface area contributed by atoms with E-state index in [2.05, 4.69) is 41.6 Å². The van der Waals surface area contributed by atoms with Crippen molar-refractivity contribution in [2.75, 3.05) is 11.4 Å². The van der Waals surface area contributed by atoms with E-state index in [-0.39, 0.29) is 5.91 Å². The van der Waals surface area contributed by atoms with Crippen molar-refractivity contribution < 1.29 is 4.79 Å². The van der Waals surface area contributed by atoms with Crippen LogP contribution in [0.5, 0.6) is 0 Å². The predicted octanol–water partition coefficient (Wildman–Crippen LogP) is 3.25. The SMILES string of the molecule is CC(C)c1ccc2c(c1)CCCN2C(=O)c1cnns1. The zero-order valence-electron chi connectivity index (χ0n) is 11.7.